The minimum absolute atomic E-state index is 0.277. The number of hydrogen-bond acceptors (Lipinski definition) is 5. The largest absolute Gasteiger partial charge is 0.378 e. The highest BCUT2D eigenvalue weighted by Crippen LogP contribution is 2.31. The third kappa shape index (κ3) is 2.32. The predicted molar refractivity (Wildman–Crippen MR) is 96.7 cm³/mol. The van der Waals surface area contributed by atoms with E-state index in [4.69, 9.17) is 4.74 Å². The molecule has 1 aliphatic rings. The lowest BCUT2D eigenvalue weighted by atomic mass is 10.1. The van der Waals surface area contributed by atoms with Crippen molar-refractivity contribution >= 4 is 22.4 Å². The van der Waals surface area contributed by atoms with Crippen molar-refractivity contribution in [1.29, 1.82) is 0 Å². The first kappa shape index (κ1) is 15.2. The number of pyridine rings is 1. The molecule has 0 aliphatic carbocycles. The maximum absolute atomic E-state index is 14.1. The fourth-order valence-corrected chi connectivity index (χ4v) is 3.45. The Bertz CT molecular complexity index is 1100. The van der Waals surface area contributed by atoms with Gasteiger partial charge in [0.05, 0.1) is 30.6 Å². The van der Waals surface area contributed by atoms with Crippen molar-refractivity contribution in [2.24, 2.45) is 0 Å². The molecule has 0 atom stereocenters. The van der Waals surface area contributed by atoms with E-state index in [0.717, 1.165) is 35.8 Å². The number of benzene rings is 1. The SMILES string of the molecule is Fc1ccc(-c2cnc3c(N4CCOCC4)nccn23)c2ncccc12. The third-order valence-corrected chi connectivity index (χ3v) is 4.71. The number of aromatic nitrogens is 4. The summed E-state index contributed by atoms with van der Waals surface area (Å²) in [5, 5.41) is 0.502. The predicted octanol–water partition coefficient (Wildman–Crippen LogP) is 2.92. The molecule has 1 saturated heterocycles. The highest BCUT2D eigenvalue weighted by Gasteiger charge is 2.19. The summed E-state index contributed by atoms with van der Waals surface area (Å²) in [6.45, 7) is 2.94. The smallest absolute Gasteiger partial charge is 0.180 e. The fourth-order valence-electron chi connectivity index (χ4n) is 3.45. The summed E-state index contributed by atoms with van der Waals surface area (Å²) in [5.41, 5.74) is 3.10. The van der Waals surface area contributed by atoms with Gasteiger partial charge in [-0.15, -0.1) is 0 Å². The first-order valence-electron chi connectivity index (χ1n) is 8.51. The second-order valence-electron chi connectivity index (χ2n) is 6.18. The Morgan fingerprint density at radius 1 is 1.00 bits per heavy atom. The van der Waals surface area contributed by atoms with Crippen LogP contribution in [0.2, 0.25) is 0 Å². The summed E-state index contributed by atoms with van der Waals surface area (Å²) in [6.07, 6.45) is 7.11. The Balaban J connectivity index is 1.71. The molecular weight excluding hydrogens is 333 g/mol. The Morgan fingerprint density at radius 2 is 1.88 bits per heavy atom. The monoisotopic (exact) mass is 349 g/mol. The number of imidazole rings is 1. The summed E-state index contributed by atoms with van der Waals surface area (Å²) in [4.78, 5) is 15.7. The lowest BCUT2D eigenvalue weighted by Crippen LogP contribution is -2.37. The van der Waals surface area contributed by atoms with E-state index in [0.29, 0.717) is 24.1 Å². The van der Waals surface area contributed by atoms with Crippen LogP contribution in [0.1, 0.15) is 0 Å². The molecule has 0 radical (unpaired) electrons. The maximum Gasteiger partial charge on any atom is 0.180 e. The van der Waals surface area contributed by atoms with E-state index in [1.807, 2.05) is 10.6 Å². The Labute approximate surface area is 148 Å². The summed E-state index contributed by atoms with van der Waals surface area (Å²) < 4.78 is 21.5. The van der Waals surface area contributed by atoms with Crippen molar-refractivity contribution in [3.63, 3.8) is 0 Å². The van der Waals surface area contributed by atoms with Gasteiger partial charge in [0.25, 0.3) is 0 Å². The van der Waals surface area contributed by atoms with Crippen molar-refractivity contribution in [1.82, 2.24) is 19.4 Å². The second kappa shape index (κ2) is 6.03. The number of anilines is 1. The van der Waals surface area contributed by atoms with E-state index in [1.54, 1.807) is 36.8 Å². The van der Waals surface area contributed by atoms with Crippen LogP contribution in [0.25, 0.3) is 27.8 Å². The van der Waals surface area contributed by atoms with Gasteiger partial charge in [-0.3, -0.25) is 9.38 Å². The summed E-state index contributed by atoms with van der Waals surface area (Å²) in [6, 6.07) is 6.71. The summed E-state index contributed by atoms with van der Waals surface area (Å²) in [7, 11) is 0. The topological polar surface area (TPSA) is 55.5 Å². The van der Waals surface area contributed by atoms with Gasteiger partial charge in [-0.05, 0) is 24.3 Å². The van der Waals surface area contributed by atoms with Gasteiger partial charge in [-0.25, -0.2) is 14.4 Å². The van der Waals surface area contributed by atoms with Gasteiger partial charge < -0.3 is 9.64 Å². The van der Waals surface area contributed by atoms with E-state index in [2.05, 4.69) is 19.9 Å². The number of nitrogens with zero attached hydrogens (tertiary/aromatic N) is 5. The molecule has 130 valence electrons. The first-order valence-corrected chi connectivity index (χ1v) is 8.51. The molecule has 3 aromatic heterocycles. The van der Waals surface area contributed by atoms with Gasteiger partial charge in [0.15, 0.2) is 11.5 Å². The molecular formula is C19H16FN5O. The molecule has 26 heavy (non-hydrogen) atoms. The Morgan fingerprint density at radius 3 is 2.77 bits per heavy atom. The summed E-state index contributed by atoms with van der Waals surface area (Å²) in [5.74, 6) is 0.558. The van der Waals surface area contributed by atoms with Crippen LogP contribution in [-0.2, 0) is 4.74 Å². The van der Waals surface area contributed by atoms with E-state index >= 15 is 0 Å². The molecule has 7 heteroatoms. The quantitative estimate of drug-likeness (QED) is 0.557. The van der Waals surface area contributed by atoms with Gasteiger partial charge in [0.1, 0.15) is 5.82 Å². The molecule has 0 amide bonds. The van der Waals surface area contributed by atoms with Crippen LogP contribution in [0.3, 0.4) is 0 Å². The first-order chi connectivity index (χ1) is 12.8. The zero-order valence-electron chi connectivity index (χ0n) is 14.0. The van der Waals surface area contributed by atoms with Crippen molar-refractivity contribution in [3.05, 3.63) is 54.9 Å². The van der Waals surface area contributed by atoms with Crippen molar-refractivity contribution in [2.45, 2.75) is 0 Å². The van der Waals surface area contributed by atoms with E-state index in [1.165, 1.54) is 6.07 Å². The molecule has 4 aromatic rings. The lowest BCUT2D eigenvalue weighted by Gasteiger charge is -2.27. The molecule has 1 aliphatic heterocycles. The zero-order chi connectivity index (χ0) is 17.5. The van der Waals surface area contributed by atoms with Gasteiger partial charge in [0, 0.05) is 42.6 Å². The normalized spacial score (nSPS) is 15.0. The highest BCUT2D eigenvalue weighted by atomic mass is 19.1. The van der Waals surface area contributed by atoms with Crippen molar-refractivity contribution in [3.8, 4) is 11.3 Å². The van der Waals surface area contributed by atoms with Crippen LogP contribution in [-0.4, -0.2) is 45.7 Å². The standard InChI is InChI=1S/C19H16FN5O/c20-15-4-3-14(17-13(15)2-1-5-21-17)16-12-23-19-18(22-6-7-25(16)19)24-8-10-26-11-9-24/h1-7,12H,8-11H2. The number of ether oxygens (including phenoxy) is 1. The van der Waals surface area contributed by atoms with Gasteiger partial charge in [-0.2, -0.15) is 0 Å². The zero-order valence-corrected chi connectivity index (χ0v) is 14.0. The molecule has 0 saturated carbocycles. The van der Waals surface area contributed by atoms with Crippen LogP contribution in [0.15, 0.2) is 49.1 Å². The number of halogens is 1. The van der Waals surface area contributed by atoms with E-state index in [-0.39, 0.29) is 5.82 Å². The number of rotatable bonds is 2. The number of hydrogen-bond donors (Lipinski definition) is 0. The van der Waals surface area contributed by atoms with Crippen LogP contribution in [0.5, 0.6) is 0 Å². The van der Waals surface area contributed by atoms with Crippen molar-refractivity contribution in [2.75, 3.05) is 31.2 Å². The minimum atomic E-state index is -0.277. The molecule has 4 heterocycles. The van der Waals surface area contributed by atoms with Gasteiger partial charge in [-0.1, -0.05) is 0 Å². The molecule has 0 bridgehead atoms. The average molecular weight is 349 g/mol. The molecule has 0 spiro atoms. The van der Waals surface area contributed by atoms with Crippen molar-refractivity contribution < 1.29 is 9.13 Å². The lowest BCUT2D eigenvalue weighted by molar-refractivity contribution is 0.122. The molecule has 0 unspecified atom stereocenters. The van der Waals surface area contributed by atoms with Crippen LogP contribution < -0.4 is 4.90 Å². The second-order valence-corrected chi connectivity index (χ2v) is 6.18. The van der Waals surface area contributed by atoms with Crippen LogP contribution in [0.4, 0.5) is 10.2 Å². The number of morpholine rings is 1. The van der Waals surface area contributed by atoms with Crippen LogP contribution >= 0.6 is 0 Å². The minimum Gasteiger partial charge on any atom is -0.378 e. The summed E-state index contributed by atoms with van der Waals surface area (Å²) >= 11 is 0. The Hall–Kier alpha value is -3.06. The van der Waals surface area contributed by atoms with Crippen LogP contribution in [0, 0.1) is 5.82 Å². The Kier molecular flexibility index (Phi) is 3.53. The molecule has 5 rings (SSSR count). The molecule has 6 nitrogen and oxygen atoms in total. The fraction of sp³-hybridized carbons (Fsp3) is 0.211. The van der Waals surface area contributed by atoms with E-state index < -0.39 is 0 Å². The average Bonchev–Trinajstić information content (AvgIpc) is 3.13. The molecule has 0 N–H and O–H groups in total. The number of fused-ring (bicyclic) bond motifs is 2. The third-order valence-electron chi connectivity index (χ3n) is 4.71. The van der Waals surface area contributed by atoms with E-state index in [9.17, 15) is 4.39 Å². The molecule has 1 aromatic carbocycles. The molecule has 1 fully saturated rings. The van der Waals surface area contributed by atoms with Gasteiger partial charge in [0.2, 0.25) is 0 Å². The maximum atomic E-state index is 14.1. The highest BCUT2D eigenvalue weighted by molar-refractivity contribution is 5.93. The van der Waals surface area contributed by atoms with Gasteiger partial charge >= 0.3 is 0 Å².